The fraction of sp³-hybridized carbons (Fsp3) is 0.333. The van der Waals surface area contributed by atoms with Gasteiger partial charge >= 0.3 is 12.2 Å². The predicted molar refractivity (Wildman–Crippen MR) is 63.8 cm³/mol. The van der Waals surface area contributed by atoms with Gasteiger partial charge in [0, 0.05) is 6.54 Å². The van der Waals surface area contributed by atoms with Crippen LogP contribution < -0.4 is 14.8 Å². The zero-order chi connectivity index (χ0) is 13.4. The molecule has 6 nitrogen and oxygen atoms in total. The number of carbonyl (C=O) groups excluding carboxylic acids is 2. The summed E-state index contributed by atoms with van der Waals surface area (Å²) in [7, 11) is 0. The maximum atomic E-state index is 11.3. The largest absolute Gasteiger partial charge is 0.513 e. The van der Waals surface area contributed by atoms with Crippen molar-refractivity contribution in [3.8, 4) is 11.5 Å². The first-order chi connectivity index (χ1) is 8.67. The van der Waals surface area contributed by atoms with Gasteiger partial charge in [0.2, 0.25) is 0 Å². The van der Waals surface area contributed by atoms with Crippen molar-refractivity contribution in [2.24, 2.45) is 0 Å². The Morgan fingerprint density at radius 2 is 1.72 bits per heavy atom. The van der Waals surface area contributed by atoms with Crippen molar-refractivity contribution < 1.29 is 23.8 Å². The van der Waals surface area contributed by atoms with Crippen molar-refractivity contribution in [1.29, 1.82) is 0 Å². The molecule has 6 heteroatoms. The van der Waals surface area contributed by atoms with Crippen LogP contribution in [0.15, 0.2) is 24.3 Å². The highest BCUT2D eigenvalue weighted by Gasteiger charge is 2.13. The Morgan fingerprint density at radius 1 is 1.11 bits per heavy atom. The van der Waals surface area contributed by atoms with Crippen LogP contribution in [0.2, 0.25) is 0 Å². The fourth-order valence-electron chi connectivity index (χ4n) is 1.14. The minimum Gasteiger partial charge on any atom is -0.434 e. The quantitative estimate of drug-likeness (QED) is 0.658. The third-order valence-corrected chi connectivity index (χ3v) is 1.83. The van der Waals surface area contributed by atoms with Crippen molar-refractivity contribution in [1.82, 2.24) is 5.32 Å². The Balaban J connectivity index is 2.73. The van der Waals surface area contributed by atoms with Crippen LogP contribution in [0.25, 0.3) is 0 Å². The van der Waals surface area contributed by atoms with Crippen molar-refractivity contribution in [3.05, 3.63) is 24.3 Å². The second kappa shape index (κ2) is 7.16. The average molecular weight is 253 g/mol. The minimum atomic E-state index is -0.843. The van der Waals surface area contributed by atoms with Crippen molar-refractivity contribution in [2.75, 3.05) is 13.2 Å². The summed E-state index contributed by atoms with van der Waals surface area (Å²) in [6.45, 7) is 4.08. The Hall–Kier alpha value is -2.24. The van der Waals surface area contributed by atoms with Crippen LogP contribution in [0.4, 0.5) is 9.59 Å². The summed E-state index contributed by atoms with van der Waals surface area (Å²) in [4.78, 5) is 22.4. The zero-order valence-corrected chi connectivity index (χ0v) is 10.3. The first-order valence-electron chi connectivity index (χ1n) is 5.56. The Labute approximate surface area is 105 Å². The second-order valence-corrected chi connectivity index (χ2v) is 3.15. The maximum Gasteiger partial charge on any atom is 0.513 e. The van der Waals surface area contributed by atoms with Gasteiger partial charge in [0.25, 0.3) is 0 Å². The number of para-hydroxylation sites is 2. The lowest BCUT2D eigenvalue weighted by atomic mass is 10.3. The summed E-state index contributed by atoms with van der Waals surface area (Å²) in [5, 5.41) is 2.47. The van der Waals surface area contributed by atoms with Crippen LogP contribution in [0, 0.1) is 0 Å². The van der Waals surface area contributed by atoms with Crippen LogP contribution in [0.3, 0.4) is 0 Å². The third kappa shape index (κ3) is 4.32. The second-order valence-electron chi connectivity index (χ2n) is 3.15. The monoisotopic (exact) mass is 253 g/mol. The molecule has 1 amide bonds. The fourth-order valence-corrected chi connectivity index (χ4v) is 1.14. The molecular formula is C12H15NO5. The van der Waals surface area contributed by atoms with Crippen molar-refractivity contribution >= 4 is 12.2 Å². The van der Waals surface area contributed by atoms with Crippen molar-refractivity contribution in [3.63, 3.8) is 0 Å². The van der Waals surface area contributed by atoms with E-state index in [9.17, 15) is 9.59 Å². The average Bonchev–Trinajstić information content (AvgIpc) is 2.32. The van der Waals surface area contributed by atoms with Gasteiger partial charge in [-0.2, -0.15) is 0 Å². The van der Waals surface area contributed by atoms with E-state index in [1.54, 1.807) is 26.0 Å². The van der Waals surface area contributed by atoms with Gasteiger partial charge in [-0.1, -0.05) is 12.1 Å². The molecule has 1 aromatic carbocycles. The molecule has 0 spiro atoms. The highest BCUT2D eigenvalue weighted by molar-refractivity contribution is 5.72. The molecule has 0 unspecified atom stereocenters. The third-order valence-electron chi connectivity index (χ3n) is 1.83. The van der Waals surface area contributed by atoms with E-state index in [0.717, 1.165) is 0 Å². The predicted octanol–water partition coefficient (Wildman–Crippen LogP) is 2.33. The van der Waals surface area contributed by atoms with E-state index in [1.165, 1.54) is 12.1 Å². The summed E-state index contributed by atoms with van der Waals surface area (Å²) in [5.41, 5.74) is 0. The van der Waals surface area contributed by atoms with Crippen LogP contribution >= 0.6 is 0 Å². The molecule has 98 valence electrons. The SMILES string of the molecule is CCNC(=O)Oc1ccccc1OC(=O)OCC. The Morgan fingerprint density at radius 3 is 2.28 bits per heavy atom. The normalized spacial score (nSPS) is 9.44. The van der Waals surface area contributed by atoms with Crippen LogP contribution in [0.1, 0.15) is 13.8 Å². The van der Waals surface area contributed by atoms with Gasteiger partial charge in [-0.25, -0.2) is 9.59 Å². The molecule has 0 heterocycles. The molecule has 0 radical (unpaired) electrons. The van der Waals surface area contributed by atoms with Gasteiger partial charge in [0.05, 0.1) is 6.61 Å². The molecule has 0 bridgehead atoms. The standard InChI is InChI=1S/C12H15NO5/c1-3-13-11(14)17-9-7-5-6-8-10(9)18-12(15)16-4-2/h5-8H,3-4H2,1-2H3,(H,13,14). The van der Waals surface area contributed by atoms with Crippen LogP contribution in [-0.2, 0) is 4.74 Å². The summed E-state index contributed by atoms with van der Waals surface area (Å²) in [6.07, 6.45) is -1.46. The number of hydrogen-bond acceptors (Lipinski definition) is 5. The van der Waals surface area contributed by atoms with Gasteiger partial charge in [-0.15, -0.1) is 0 Å². The van der Waals surface area contributed by atoms with Gasteiger partial charge in [0.1, 0.15) is 0 Å². The molecule has 0 fully saturated rings. The summed E-state index contributed by atoms with van der Waals surface area (Å²) in [5.74, 6) is 0.277. The Bertz CT molecular complexity index is 380. The summed E-state index contributed by atoms with van der Waals surface area (Å²) in [6, 6.07) is 6.33. The molecule has 0 aliphatic heterocycles. The van der Waals surface area contributed by atoms with Crippen molar-refractivity contribution in [2.45, 2.75) is 13.8 Å². The maximum absolute atomic E-state index is 11.3. The number of carbonyl (C=O) groups is 2. The summed E-state index contributed by atoms with van der Waals surface area (Å²) < 4.78 is 14.5. The van der Waals surface area contributed by atoms with E-state index < -0.39 is 12.2 Å². The first kappa shape index (κ1) is 13.8. The molecule has 1 aromatic rings. The molecule has 1 N–H and O–H groups in total. The van der Waals surface area contributed by atoms with Gasteiger partial charge < -0.3 is 19.5 Å². The van der Waals surface area contributed by atoms with E-state index in [-0.39, 0.29) is 18.1 Å². The number of amides is 1. The lowest BCUT2D eigenvalue weighted by Gasteiger charge is -2.09. The Kier molecular flexibility index (Phi) is 5.50. The highest BCUT2D eigenvalue weighted by Crippen LogP contribution is 2.26. The van der Waals surface area contributed by atoms with E-state index in [0.29, 0.717) is 6.54 Å². The number of nitrogens with one attached hydrogen (secondary N) is 1. The number of benzene rings is 1. The number of rotatable bonds is 4. The molecule has 18 heavy (non-hydrogen) atoms. The first-order valence-corrected chi connectivity index (χ1v) is 5.56. The van der Waals surface area contributed by atoms with E-state index in [1.807, 2.05) is 0 Å². The van der Waals surface area contributed by atoms with E-state index in [2.05, 4.69) is 10.1 Å². The molecule has 0 aliphatic rings. The van der Waals surface area contributed by atoms with E-state index in [4.69, 9.17) is 9.47 Å². The minimum absolute atomic E-state index is 0.127. The zero-order valence-electron chi connectivity index (χ0n) is 10.3. The van der Waals surface area contributed by atoms with Crippen LogP contribution in [0.5, 0.6) is 11.5 Å². The molecule has 0 saturated heterocycles. The molecule has 0 aromatic heterocycles. The number of hydrogen-bond donors (Lipinski definition) is 1. The van der Waals surface area contributed by atoms with Gasteiger partial charge in [0.15, 0.2) is 11.5 Å². The molecule has 1 rings (SSSR count). The van der Waals surface area contributed by atoms with Gasteiger partial charge in [-0.05, 0) is 26.0 Å². The summed E-state index contributed by atoms with van der Waals surface area (Å²) >= 11 is 0. The lowest BCUT2D eigenvalue weighted by molar-refractivity contribution is 0.103. The van der Waals surface area contributed by atoms with E-state index >= 15 is 0 Å². The number of ether oxygens (including phenoxy) is 3. The smallest absolute Gasteiger partial charge is 0.434 e. The van der Waals surface area contributed by atoms with Gasteiger partial charge in [-0.3, -0.25) is 0 Å². The topological polar surface area (TPSA) is 73.9 Å². The van der Waals surface area contributed by atoms with Crippen LogP contribution in [-0.4, -0.2) is 25.4 Å². The highest BCUT2D eigenvalue weighted by atomic mass is 16.7. The molecule has 0 saturated carbocycles. The molecule has 0 atom stereocenters. The molecular weight excluding hydrogens is 238 g/mol. The molecule has 0 aliphatic carbocycles. The lowest BCUT2D eigenvalue weighted by Crippen LogP contribution is -2.26.